The van der Waals surface area contributed by atoms with E-state index in [9.17, 15) is 9.59 Å². The summed E-state index contributed by atoms with van der Waals surface area (Å²) in [6.45, 7) is 0.0795. The molecule has 2 rings (SSSR count). The van der Waals surface area contributed by atoms with Crippen LogP contribution in [0, 0.1) is 5.92 Å². The fourth-order valence-corrected chi connectivity index (χ4v) is 2.29. The van der Waals surface area contributed by atoms with Gasteiger partial charge in [0.1, 0.15) is 5.56 Å². The van der Waals surface area contributed by atoms with Crippen LogP contribution in [0.1, 0.15) is 29.6 Å². The first-order valence-corrected chi connectivity index (χ1v) is 5.81. The van der Waals surface area contributed by atoms with Crippen LogP contribution in [0.5, 0.6) is 0 Å². The molecule has 0 bridgehead atoms. The number of amides is 1. The molecule has 17 heavy (non-hydrogen) atoms. The highest BCUT2D eigenvalue weighted by atomic mass is 16.3. The van der Waals surface area contributed by atoms with Crippen molar-refractivity contribution in [2.45, 2.75) is 25.3 Å². The summed E-state index contributed by atoms with van der Waals surface area (Å²) in [6, 6.07) is 1.31. The van der Waals surface area contributed by atoms with Gasteiger partial charge in [0.05, 0.1) is 0 Å². The number of hydrogen-bond acceptors (Lipinski definition) is 3. The number of aliphatic hydroxyl groups is 1. The fraction of sp³-hybridized carbons (Fsp3) is 0.500. The lowest BCUT2D eigenvalue weighted by Gasteiger charge is -2.18. The number of hydrogen-bond donors (Lipinski definition) is 3. The van der Waals surface area contributed by atoms with E-state index < -0.39 is 0 Å². The van der Waals surface area contributed by atoms with Crippen molar-refractivity contribution in [3.8, 4) is 0 Å². The Kier molecular flexibility index (Phi) is 3.58. The van der Waals surface area contributed by atoms with Crippen LogP contribution >= 0.6 is 0 Å². The second-order valence-corrected chi connectivity index (χ2v) is 4.38. The van der Waals surface area contributed by atoms with E-state index in [4.69, 9.17) is 5.11 Å². The molecule has 0 aliphatic heterocycles. The molecule has 92 valence electrons. The van der Waals surface area contributed by atoms with Crippen molar-refractivity contribution < 1.29 is 9.90 Å². The van der Waals surface area contributed by atoms with Crippen molar-refractivity contribution in [3.63, 3.8) is 0 Å². The van der Waals surface area contributed by atoms with Crippen LogP contribution in [0.3, 0.4) is 0 Å². The maximum absolute atomic E-state index is 11.9. The van der Waals surface area contributed by atoms with Crippen molar-refractivity contribution in [2.24, 2.45) is 5.92 Å². The molecule has 0 radical (unpaired) electrons. The van der Waals surface area contributed by atoms with E-state index in [0.717, 1.165) is 19.3 Å². The Hall–Kier alpha value is -1.62. The smallest absolute Gasteiger partial charge is 0.256 e. The summed E-state index contributed by atoms with van der Waals surface area (Å²) in [4.78, 5) is 26.0. The maximum Gasteiger partial charge on any atom is 0.256 e. The van der Waals surface area contributed by atoms with Crippen molar-refractivity contribution in [2.75, 3.05) is 6.61 Å². The van der Waals surface area contributed by atoms with E-state index in [-0.39, 0.29) is 35.5 Å². The van der Waals surface area contributed by atoms with Gasteiger partial charge in [-0.15, -0.1) is 0 Å². The zero-order valence-corrected chi connectivity index (χ0v) is 9.48. The lowest BCUT2D eigenvalue weighted by Crippen LogP contribution is -2.40. The molecule has 0 spiro atoms. The van der Waals surface area contributed by atoms with Gasteiger partial charge in [-0.2, -0.15) is 0 Å². The van der Waals surface area contributed by atoms with Crippen LogP contribution in [-0.2, 0) is 0 Å². The first kappa shape index (κ1) is 11.9. The number of aromatic amines is 1. The minimum atomic E-state index is -0.364. The number of aromatic nitrogens is 1. The van der Waals surface area contributed by atoms with Crippen LogP contribution in [-0.4, -0.2) is 28.6 Å². The predicted octanol–water partition coefficient (Wildman–Crippen LogP) is 0.266. The molecule has 1 aliphatic rings. The first-order chi connectivity index (χ1) is 8.22. The molecule has 1 aliphatic carbocycles. The van der Waals surface area contributed by atoms with Gasteiger partial charge in [-0.3, -0.25) is 9.59 Å². The summed E-state index contributed by atoms with van der Waals surface area (Å²) in [5.41, 5.74) is -0.170. The van der Waals surface area contributed by atoms with E-state index in [1.807, 2.05) is 0 Å². The largest absolute Gasteiger partial charge is 0.396 e. The highest BCUT2D eigenvalue weighted by molar-refractivity contribution is 5.93. The van der Waals surface area contributed by atoms with Gasteiger partial charge in [-0.1, -0.05) is 6.42 Å². The van der Waals surface area contributed by atoms with Crippen LogP contribution < -0.4 is 10.7 Å². The van der Waals surface area contributed by atoms with Crippen LogP contribution in [0.2, 0.25) is 0 Å². The van der Waals surface area contributed by atoms with Gasteiger partial charge in [0.25, 0.3) is 5.91 Å². The molecule has 2 unspecified atom stereocenters. The minimum Gasteiger partial charge on any atom is -0.396 e. The molecule has 1 amide bonds. The van der Waals surface area contributed by atoms with Crippen LogP contribution in [0.4, 0.5) is 0 Å². The zero-order chi connectivity index (χ0) is 12.3. The van der Waals surface area contributed by atoms with Gasteiger partial charge >= 0.3 is 0 Å². The Balaban J connectivity index is 2.07. The average Bonchev–Trinajstić information content (AvgIpc) is 2.76. The lowest BCUT2D eigenvalue weighted by molar-refractivity contribution is 0.0914. The molecule has 5 heteroatoms. The highest BCUT2D eigenvalue weighted by Crippen LogP contribution is 2.25. The van der Waals surface area contributed by atoms with Crippen molar-refractivity contribution in [1.82, 2.24) is 10.3 Å². The molecule has 1 heterocycles. The number of pyridine rings is 1. The Morgan fingerprint density at radius 1 is 1.53 bits per heavy atom. The van der Waals surface area contributed by atoms with E-state index in [2.05, 4.69) is 10.3 Å². The van der Waals surface area contributed by atoms with Crippen LogP contribution in [0.15, 0.2) is 23.3 Å². The summed E-state index contributed by atoms with van der Waals surface area (Å²) < 4.78 is 0. The predicted molar refractivity (Wildman–Crippen MR) is 62.7 cm³/mol. The number of carbonyl (C=O) groups excluding carboxylic acids is 1. The Bertz CT molecular complexity index is 455. The monoisotopic (exact) mass is 236 g/mol. The summed E-state index contributed by atoms with van der Waals surface area (Å²) >= 11 is 0. The molecule has 1 fully saturated rings. The summed E-state index contributed by atoms with van der Waals surface area (Å²) in [6.07, 6.45) is 5.68. The number of rotatable bonds is 3. The van der Waals surface area contributed by atoms with Crippen LogP contribution in [0.25, 0.3) is 0 Å². The van der Waals surface area contributed by atoms with Crippen molar-refractivity contribution in [3.05, 3.63) is 34.2 Å². The Morgan fingerprint density at radius 2 is 2.35 bits per heavy atom. The molecular formula is C12H16N2O3. The second kappa shape index (κ2) is 5.14. The number of H-pyrrole nitrogens is 1. The van der Waals surface area contributed by atoms with E-state index >= 15 is 0 Å². The molecule has 3 N–H and O–H groups in total. The highest BCUT2D eigenvalue weighted by Gasteiger charge is 2.28. The van der Waals surface area contributed by atoms with E-state index in [1.54, 1.807) is 0 Å². The topological polar surface area (TPSA) is 82.2 Å². The Morgan fingerprint density at radius 3 is 3.06 bits per heavy atom. The standard InChI is InChI=1S/C12H16N2O3/c15-7-8-2-1-3-10(8)14-12(17)9-6-13-5-4-11(9)16/h4-6,8,10,15H,1-3,7H2,(H,13,16)(H,14,17). The zero-order valence-electron chi connectivity index (χ0n) is 9.48. The third-order valence-corrected chi connectivity index (χ3v) is 3.28. The average molecular weight is 236 g/mol. The molecule has 2 atom stereocenters. The third-order valence-electron chi connectivity index (χ3n) is 3.28. The number of nitrogens with one attached hydrogen (secondary N) is 2. The molecule has 0 aromatic carbocycles. The summed E-state index contributed by atoms with van der Waals surface area (Å²) in [5, 5.41) is 12.0. The quantitative estimate of drug-likeness (QED) is 0.704. The fourth-order valence-electron chi connectivity index (χ4n) is 2.29. The second-order valence-electron chi connectivity index (χ2n) is 4.38. The normalized spacial score (nSPS) is 23.6. The van der Waals surface area contributed by atoms with Gasteiger partial charge in [0.2, 0.25) is 0 Å². The third kappa shape index (κ3) is 2.55. The molecular weight excluding hydrogens is 220 g/mol. The first-order valence-electron chi connectivity index (χ1n) is 5.81. The SMILES string of the molecule is O=C(NC1CCCC1CO)c1c[nH]ccc1=O. The van der Waals surface area contributed by atoms with Gasteiger partial charge in [-0.05, 0) is 12.8 Å². The van der Waals surface area contributed by atoms with E-state index in [1.165, 1.54) is 18.5 Å². The molecule has 5 nitrogen and oxygen atoms in total. The lowest BCUT2D eigenvalue weighted by atomic mass is 10.0. The molecule has 0 saturated heterocycles. The summed E-state index contributed by atoms with van der Waals surface area (Å²) in [5.74, 6) is -0.251. The molecule has 1 saturated carbocycles. The van der Waals surface area contributed by atoms with E-state index in [0.29, 0.717) is 0 Å². The van der Waals surface area contributed by atoms with Gasteiger partial charge < -0.3 is 15.4 Å². The van der Waals surface area contributed by atoms with Gasteiger partial charge in [0.15, 0.2) is 5.43 Å². The number of carbonyl (C=O) groups is 1. The molecule has 1 aromatic heterocycles. The van der Waals surface area contributed by atoms with Crippen molar-refractivity contribution >= 4 is 5.91 Å². The van der Waals surface area contributed by atoms with Crippen molar-refractivity contribution in [1.29, 1.82) is 0 Å². The minimum absolute atomic E-state index is 0.0212. The molecule has 1 aromatic rings. The Labute approximate surface area is 98.9 Å². The van der Waals surface area contributed by atoms with Gasteiger partial charge in [-0.25, -0.2) is 0 Å². The number of aliphatic hydroxyl groups excluding tert-OH is 1. The summed E-state index contributed by atoms with van der Waals surface area (Å²) in [7, 11) is 0. The van der Waals surface area contributed by atoms with Gasteiger partial charge in [0, 0.05) is 37.0 Å². The maximum atomic E-state index is 11.9.